The summed E-state index contributed by atoms with van der Waals surface area (Å²) in [5.41, 5.74) is 1.82. The van der Waals surface area contributed by atoms with Crippen LogP contribution >= 0.6 is 0 Å². The van der Waals surface area contributed by atoms with Gasteiger partial charge >= 0.3 is 12.0 Å². The number of anilines is 2. The molecule has 0 aliphatic carbocycles. The molecule has 3 unspecified atom stereocenters. The Kier molecular flexibility index (Phi) is 9.83. The summed E-state index contributed by atoms with van der Waals surface area (Å²) in [6.45, 7) is 5.06. The maximum absolute atomic E-state index is 13.0. The standard InChI is InChI=1S/C28H35N5O7/c1-17-8-6-7-9-20(17)31-27(38)32-21-11-10-19(12-23(21)39-5)13-25(35)33(4)16-28(3)15-29-24(40-28)14-22(26(36)37)30-18(2)34/h6-12,15,22,24H,13-14,16H2,1-5H3,(H,30,34)(H,36,37)(H2,31,32,38). The number of methoxy groups -OCH3 is 1. The number of aliphatic carboxylic acids is 1. The number of carbonyl (C=O) groups is 4. The quantitative estimate of drug-likeness (QED) is 0.333. The highest BCUT2D eigenvalue weighted by molar-refractivity contribution is 6.01. The number of benzene rings is 2. The number of rotatable bonds is 11. The number of hydrogen-bond acceptors (Lipinski definition) is 7. The van der Waals surface area contributed by atoms with Gasteiger partial charge in [0.1, 0.15) is 17.4 Å². The molecule has 1 aliphatic heterocycles. The van der Waals surface area contributed by atoms with E-state index in [0.717, 1.165) is 5.56 Å². The van der Waals surface area contributed by atoms with Crippen molar-refractivity contribution in [1.82, 2.24) is 10.2 Å². The zero-order chi connectivity index (χ0) is 29.4. The van der Waals surface area contributed by atoms with E-state index in [1.54, 1.807) is 44.5 Å². The predicted octanol–water partition coefficient (Wildman–Crippen LogP) is 2.81. The molecule has 0 aromatic heterocycles. The second-order valence-electron chi connectivity index (χ2n) is 9.85. The van der Waals surface area contributed by atoms with E-state index in [1.165, 1.54) is 18.9 Å². The molecular weight excluding hydrogens is 518 g/mol. The van der Waals surface area contributed by atoms with Crippen LogP contribution in [0.5, 0.6) is 5.75 Å². The maximum Gasteiger partial charge on any atom is 0.326 e. The number of hydrogen-bond donors (Lipinski definition) is 4. The minimum absolute atomic E-state index is 0.0399. The van der Waals surface area contributed by atoms with Crippen LogP contribution < -0.4 is 20.7 Å². The Bertz CT molecular complexity index is 1300. The molecule has 214 valence electrons. The van der Waals surface area contributed by atoms with Crippen molar-refractivity contribution in [2.75, 3.05) is 31.3 Å². The van der Waals surface area contributed by atoms with Crippen molar-refractivity contribution in [3.8, 4) is 5.75 Å². The fraction of sp³-hybridized carbons (Fsp3) is 0.393. The molecule has 12 nitrogen and oxygen atoms in total. The average Bonchev–Trinajstić information content (AvgIpc) is 3.25. The highest BCUT2D eigenvalue weighted by Gasteiger charge is 2.37. The van der Waals surface area contributed by atoms with Gasteiger partial charge in [-0.05, 0) is 43.2 Å². The Balaban J connectivity index is 1.56. The van der Waals surface area contributed by atoms with Crippen LogP contribution in [0.25, 0.3) is 0 Å². The van der Waals surface area contributed by atoms with Crippen molar-refractivity contribution in [3.63, 3.8) is 0 Å². The molecule has 40 heavy (non-hydrogen) atoms. The molecule has 4 amide bonds. The van der Waals surface area contributed by atoms with Gasteiger partial charge in [0.2, 0.25) is 11.8 Å². The van der Waals surface area contributed by atoms with Gasteiger partial charge in [0.25, 0.3) is 0 Å². The van der Waals surface area contributed by atoms with Crippen LogP contribution in [-0.2, 0) is 25.5 Å². The average molecular weight is 554 g/mol. The van der Waals surface area contributed by atoms with Crippen molar-refractivity contribution in [2.24, 2.45) is 4.99 Å². The monoisotopic (exact) mass is 553 g/mol. The highest BCUT2D eigenvalue weighted by atomic mass is 16.5. The Morgan fingerprint density at radius 1 is 1.15 bits per heavy atom. The van der Waals surface area contributed by atoms with Gasteiger partial charge in [-0.2, -0.15) is 0 Å². The fourth-order valence-electron chi connectivity index (χ4n) is 4.27. The molecule has 1 heterocycles. The molecule has 2 aromatic rings. The lowest BCUT2D eigenvalue weighted by atomic mass is 10.1. The second-order valence-corrected chi connectivity index (χ2v) is 9.85. The summed E-state index contributed by atoms with van der Waals surface area (Å²) in [5.74, 6) is -1.43. The predicted molar refractivity (Wildman–Crippen MR) is 150 cm³/mol. The fourth-order valence-corrected chi connectivity index (χ4v) is 4.27. The molecule has 0 bridgehead atoms. The minimum Gasteiger partial charge on any atom is -0.495 e. The lowest BCUT2D eigenvalue weighted by Gasteiger charge is -2.29. The van der Waals surface area contributed by atoms with E-state index >= 15 is 0 Å². The van der Waals surface area contributed by atoms with Gasteiger partial charge in [-0.25, -0.2) is 9.59 Å². The van der Waals surface area contributed by atoms with Gasteiger partial charge in [0.05, 0.1) is 25.8 Å². The number of carbonyl (C=O) groups excluding carboxylic acids is 3. The van der Waals surface area contributed by atoms with E-state index in [1.807, 2.05) is 25.1 Å². The molecule has 4 N–H and O–H groups in total. The van der Waals surface area contributed by atoms with Crippen LogP contribution in [0.15, 0.2) is 47.5 Å². The number of carboxylic acid groups (broad SMARTS) is 1. The van der Waals surface area contributed by atoms with E-state index in [-0.39, 0.29) is 25.3 Å². The zero-order valence-corrected chi connectivity index (χ0v) is 23.2. The first kappa shape index (κ1) is 30.1. The molecule has 2 aromatic carbocycles. The number of amides is 4. The van der Waals surface area contributed by atoms with Gasteiger partial charge in [-0.3, -0.25) is 14.6 Å². The van der Waals surface area contributed by atoms with E-state index in [2.05, 4.69) is 20.9 Å². The van der Waals surface area contributed by atoms with Crippen LogP contribution in [0.3, 0.4) is 0 Å². The number of para-hydroxylation sites is 1. The van der Waals surface area contributed by atoms with Crippen molar-refractivity contribution < 1.29 is 33.8 Å². The Hall–Kier alpha value is -4.45. The number of aryl methyl sites for hydroxylation is 1. The molecule has 0 saturated carbocycles. The van der Waals surface area contributed by atoms with E-state index in [9.17, 15) is 24.3 Å². The topological polar surface area (TPSA) is 159 Å². The molecule has 1 aliphatic rings. The van der Waals surface area contributed by atoms with Gasteiger partial charge in [-0.1, -0.05) is 24.3 Å². The summed E-state index contributed by atoms with van der Waals surface area (Å²) in [4.78, 5) is 54.0. The summed E-state index contributed by atoms with van der Waals surface area (Å²) < 4.78 is 11.4. The molecule has 3 atom stereocenters. The molecule has 3 rings (SSSR count). The van der Waals surface area contributed by atoms with Crippen molar-refractivity contribution in [1.29, 1.82) is 0 Å². The summed E-state index contributed by atoms with van der Waals surface area (Å²) in [6, 6.07) is 11.0. The van der Waals surface area contributed by atoms with E-state index < -0.39 is 35.8 Å². The number of ether oxygens (including phenoxy) is 2. The second kappa shape index (κ2) is 13.1. The lowest BCUT2D eigenvalue weighted by molar-refractivity contribution is -0.143. The third kappa shape index (κ3) is 8.27. The SMILES string of the molecule is COc1cc(CC(=O)N(C)CC2(C)C=NC(CC(NC(C)=O)C(=O)O)O2)ccc1NC(=O)Nc1ccccc1C. The number of likely N-dealkylation sites (N-methyl/N-ethyl adjacent to an activating group) is 1. The molecule has 12 heteroatoms. The number of nitrogens with zero attached hydrogens (tertiary/aromatic N) is 2. The van der Waals surface area contributed by atoms with Crippen molar-refractivity contribution in [2.45, 2.75) is 51.5 Å². The smallest absolute Gasteiger partial charge is 0.326 e. The third-order valence-corrected chi connectivity index (χ3v) is 6.27. The molecule has 0 spiro atoms. The summed E-state index contributed by atoms with van der Waals surface area (Å²) in [5, 5.41) is 17.3. The van der Waals surface area contributed by atoms with Gasteiger partial charge in [0.15, 0.2) is 6.23 Å². The van der Waals surface area contributed by atoms with Crippen LogP contribution in [-0.4, -0.2) is 78.6 Å². The van der Waals surface area contributed by atoms with Crippen molar-refractivity contribution >= 4 is 41.4 Å². The molecular formula is C28H35N5O7. The summed E-state index contributed by atoms with van der Waals surface area (Å²) >= 11 is 0. The maximum atomic E-state index is 13.0. The number of aliphatic imine (C=N–C) groups is 1. The summed E-state index contributed by atoms with van der Waals surface area (Å²) in [7, 11) is 3.12. The first-order valence-electron chi connectivity index (χ1n) is 12.7. The molecule has 0 fully saturated rings. The third-order valence-electron chi connectivity index (χ3n) is 6.27. The van der Waals surface area contributed by atoms with Crippen molar-refractivity contribution in [3.05, 3.63) is 53.6 Å². The van der Waals surface area contributed by atoms with E-state index in [0.29, 0.717) is 22.7 Å². The zero-order valence-electron chi connectivity index (χ0n) is 23.2. The summed E-state index contributed by atoms with van der Waals surface area (Å²) in [6.07, 6.45) is 0.818. The normalized spacial score (nSPS) is 18.5. The van der Waals surface area contributed by atoms with Gasteiger partial charge in [-0.15, -0.1) is 0 Å². The largest absolute Gasteiger partial charge is 0.495 e. The van der Waals surface area contributed by atoms with Crippen LogP contribution in [0.4, 0.5) is 16.2 Å². The lowest BCUT2D eigenvalue weighted by Crippen LogP contribution is -2.46. The van der Waals surface area contributed by atoms with E-state index in [4.69, 9.17) is 9.47 Å². The Labute approximate surface area is 232 Å². The first-order chi connectivity index (χ1) is 18.9. The highest BCUT2D eigenvalue weighted by Crippen LogP contribution is 2.27. The Morgan fingerprint density at radius 2 is 1.85 bits per heavy atom. The van der Waals surface area contributed by atoms with Gasteiger partial charge in [0, 0.05) is 32.3 Å². The van der Waals surface area contributed by atoms with Crippen LogP contribution in [0.1, 0.15) is 31.4 Å². The number of carboxylic acids is 1. The van der Waals surface area contributed by atoms with Crippen LogP contribution in [0.2, 0.25) is 0 Å². The molecule has 0 saturated heterocycles. The van der Waals surface area contributed by atoms with Gasteiger partial charge < -0.3 is 35.4 Å². The number of urea groups is 1. The molecule has 0 radical (unpaired) electrons. The first-order valence-corrected chi connectivity index (χ1v) is 12.7. The Morgan fingerprint density at radius 3 is 2.50 bits per heavy atom. The minimum atomic E-state index is -1.18. The number of nitrogens with one attached hydrogen (secondary N) is 3. The van der Waals surface area contributed by atoms with Crippen LogP contribution in [0, 0.1) is 6.92 Å².